The van der Waals surface area contributed by atoms with Gasteiger partial charge >= 0.3 is 0 Å². The predicted octanol–water partition coefficient (Wildman–Crippen LogP) is 2.81. The summed E-state index contributed by atoms with van der Waals surface area (Å²) in [5.74, 6) is 0.664. The van der Waals surface area contributed by atoms with Crippen LogP contribution in [0.2, 0.25) is 0 Å². The molecule has 0 atom stereocenters. The van der Waals surface area contributed by atoms with Gasteiger partial charge in [0.1, 0.15) is 12.4 Å². The van der Waals surface area contributed by atoms with Crippen molar-refractivity contribution in [2.45, 2.75) is 20.0 Å². The van der Waals surface area contributed by atoms with Gasteiger partial charge < -0.3 is 10.1 Å². The Bertz CT molecular complexity index is 576. The average molecular weight is 274 g/mol. The van der Waals surface area contributed by atoms with Gasteiger partial charge in [-0.25, -0.2) is 0 Å². The molecule has 1 aromatic heterocycles. The average Bonchev–Trinajstić information content (AvgIpc) is 2.91. The van der Waals surface area contributed by atoms with Crippen LogP contribution in [0.1, 0.15) is 23.9 Å². The van der Waals surface area contributed by atoms with E-state index in [1.54, 1.807) is 18.2 Å². The maximum atomic E-state index is 8.80. The number of hydrogen-bond acceptors (Lipinski definition) is 6. The molecular formula is C13H14N4OS. The zero-order valence-electron chi connectivity index (χ0n) is 10.6. The Kier molecular flexibility index (Phi) is 4.70. The van der Waals surface area contributed by atoms with Crippen LogP contribution >= 0.6 is 11.3 Å². The van der Waals surface area contributed by atoms with Crippen LogP contribution in [-0.2, 0) is 6.61 Å². The van der Waals surface area contributed by atoms with E-state index >= 15 is 0 Å². The minimum Gasteiger partial charge on any atom is -0.486 e. The van der Waals surface area contributed by atoms with E-state index in [1.165, 1.54) is 11.3 Å². The number of anilines is 1. The second kappa shape index (κ2) is 6.71. The lowest BCUT2D eigenvalue weighted by molar-refractivity contribution is 0.304. The van der Waals surface area contributed by atoms with Gasteiger partial charge in [-0.15, -0.1) is 10.2 Å². The Morgan fingerprint density at radius 1 is 1.42 bits per heavy atom. The Balaban J connectivity index is 1.91. The molecule has 2 aromatic rings. The molecule has 1 aromatic carbocycles. The van der Waals surface area contributed by atoms with Gasteiger partial charge in [-0.05, 0) is 24.6 Å². The van der Waals surface area contributed by atoms with E-state index in [1.807, 2.05) is 6.07 Å². The first-order valence-electron chi connectivity index (χ1n) is 6.01. The fourth-order valence-electron chi connectivity index (χ4n) is 1.42. The van der Waals surface area contributed by atoms with Crippen molar-refractivity contribution < 1.29 is 4.74 Å². The highest BCUT2D eigenvalue weighted by atomic mass is 32.1. The summed E-state index contributed by atoms with van der Waals surface area (Å²) in [5.41, 5.74) is 0.583. The standard InChI is InChI=1S/C13H14N4OS/c1-2-6-15-13-17-16-12(19-13)9-18-11-5-3-4-10(7-11)8-14/h3-5,7H,2,6,9H2,1H3,(H,15,17). The van der Waals surface area contributed by atoms with Crippen LogP contribution in [0.3, 0.4) is 0 Å². The van der Waals surface area contributed by atoms with Gasteiger partial charge in [0.15, 0.2) is 5.01 Å². The number of ether oxygens (including phenoxy) is 1. The summed E-state index contributed by atoms with van der Waals surface area (Å²) in [6.45, 7) is 3.35. The molecule has 0 amide bonds. The van der Waals surface area contributed by atoms with E-state index in [4.69, 9.17) is 10.00 Å². The van der Waals surface area contributed by atoms with Gasteiger partial charge in [0, 0.05) is 6.54 Å². The SMILES string of the molecule is CCCNc1nnc(COc2cccc(C#N)c2)s1. The fraction of sp³-hybridized carbons (Fsp3) is 0.308. The van der Waals surface area contributed by atoms with Crippen molar-refractivity contribution >= 4 is 16.5 Å². The first-order valence-corrected chi connectivity index (χ1v) is 6.82. The molecule has 19 heavy (non-hydrogen) atoms. The summed E-state index contributed by atoms with van der Waals surface area (Å²) >= 11 is 1.48. The molecular weight excluding hydrogens is 260 g/mol. The molecule has 1 heterocycles. The van der Waals surface area contributed by atoms with Gasteiger partial charge in [-0.2, -0.15) is 5.26 Å². The number of benzene rings is 1. The molecule has 0 fully saturated rings. The molecule has 0 radical (unpaired) electrons. The van der Waals surface area contributed by atoms with Crippen LogP contribution in [0.15, 0.2) is 24.3 Å². The molecule has 0 saturated carbocycles. The third-order valence-electron chi connectivity index (χ3n) is 2.32. The van der Waals surface area contributed by atoms with Gasteiger partial charge in [-0.1, -0.05) is 24.3 Å². The van der Waals surface area contributed by atoms with Gasteiger partial charge in [-0.3, -0.25) is 0 Å². The maximum Gasteiger partial charge on any atom is 0.205 e. The lowest BCUT2D eigenvalue weighted by Crippen LogP contribution is -1.98. The van der Waals surface area contributed by atoms with Crippen LogP contribution in [0, 0.1) is 11.3 Å². The van der Waals surface area contributed by atoms with E-state index in [2.05, 4.69) is 28.5 Å². The van der Waals surface area contributed by atoms with E-state index in [-0.39, 0.29) is 0 Å². The lowest BCUT2D eigenvalue weighted by atomic mass is 10.2. The monoisotopic (exact) mass is 274 g/mol. The second-order valence-corrected chi connectivity index (χ2v) is 4.92. The zero-order chi connectivity index (χ0) is 13.5. The zero-order valence-corrected chi connectivity index (χ0v) is 11.4. The highest BCUT2D eigenvalue weighted by Crippen LogP contribution is 2.18. The van der Waals surface area contributed by atoms with E-state index in [0.29, 0.717) is 17.9 Å². The molecule has 0 aliphatic heterocycles. The topological polar surface area (TPSA) is 70.8 Å². The first kappa shape index (κ1) is 13.3. The number of aromatic nitrogens is 2. The molecule has 1 N–H and O–H groups in total. The van der Waals surface area contributed by atoms with Gasteiger partial charge in [0.25, 0.3) is 0 Å². The Hall–Kier alpha value is -2.13. The van der Waals surface area contributed by atoms with Crippen molar-refractivity contribution in [3.05, 3.63) is 34.8 Å². The number of nitriles is 1. The third-order valence-corrected chi connectivity index (χ3v) is 3.17. The van der Waals surface area contributed by atoms with Crippen molar-refractivity contribution in [1.29, 1.82) is 5.26 Å². The molecule has 0 spiro atoms. The lowest BCUT2D eigenvalue weighted by Gasteiger charge is -2.03. The van der Waals surface area contributed by atoms with Crippen LogP contribution in [-0.4, -0.2) is 16.7 Å². The fourth-order valence-corrected chi connectivity index (χ4v) is 2.09. The molecule has 5 nitrogen and oxygen atoms in total. The molecule has 98 valence electrons. The number of hydrogen-bond donors (Lipinski definition) is 1. The minimum atomic E-state index is 0.361. The summed E-state index contributed by atoms with van der Waals surface area (Å²) < 4.78 is 5.58. The van der Waals surface area contributed by atoms with Crippen LogP contribution in [0.4, 0.5) is 5.13 Å². The second-order valence-electron chi connectivity index (χ2n) is 3.86. The number of nitrogens with one attached hydrogen (secondary N) is 1. The highest BCUT2D eigenvalue weighted by molar-refractivity contribution is 7.15. The van der Waals surface area contributed by atoms with Gasteiger partial charge in [0.2, 0.25) is 5.13 Å². The first-order chi connectivity index (χ1) is 9.31. The Morgan fingerprint density at radius 2 is 2.32 bits per heavy atom. The summed E-state index contributed by atoms with van der Waals surface area (Å²) in [4.78, 5) is 0. The van der Waals surface area contributed by atoms with Crippen molar-refractivity contribution in [2.24, 2.45) is 0 Å². The summed E-state index contributed by atoms with van der Waals surface area (Å²) in [7, 11) is 0. The molecule has 0 aliphatic carbocycles. The van der Waals surface area contributed by atoms with Crippen molar-refractivity contribution in [2.75, 3.05) is 11.9 Å². The van der Waals surface area contributed by atoms with Crippen LogP contribution in [0.25, 0.3) is 0 Å². The largest absolute Gasteiger partial charge is 0.486 e. The Morgan fingerprint density at radius 3 is 3.11 bits per heavy atom. The summed E-state index contributed by atoms with van der Waals surface area (Å²) in [6.07, 6.45) is 1.05. The highest BCUT2D eigenvalue weighted by Gasteiger charge is 2.04. The maximum absolute atomic E-state index is 8.80. The normalized spacial score (nSPS) is 9.89. The third kappa shape index (κ3) is 3.93. The molecule has 6 heteroatoms. The smallest absolute Gasteiger partial charge is 0.205 e. The Labute approximate surface area is 115 Å². The number of rotatable bonds is 6. The van der Waals surface area contributed by atoms with Gasteiger partial charge in [0.05, 0.1) is 11.6 Å². The summed E-state index contributed by atoms with van der Waals surface area (Å²) in [5, 5.41) is 21.7. The minimum absolute atomic E-state index is 0.361. The molecule has 0 bridgehead atoms. The predicted molar refractivity (Wildman–Crippen MR) is 74.2 cm³/mol. The molecule has 0 aliphatic rings. The van der Waals surface area contributed by atoms with Crippen LogP contribution < -0.4 is 10.1 Å². The van der Waals surface area contributed by atoms with Crippen molar-refractivity contribution in [1.82, 2.24) is 10.2 Å². The van der Waals surface area contributed by atoms with Crippen molar-refractivity contribution in [3.8, 4) is 11.8 Å². The molecule has 0 saturated heterocycles. The molecule has 2 rings (SSSR count). The van der Waals surface area contributed by atoms with E-state index in [0.717, 1.165) is 23.1 Å². The van der Waals surface area contributed by atoms with Crippen LogP contribution in [0.5, 0.6) is 5.75 Å². The summed E-state index contributed by atoms with van der Waals surface area (Å²) in [6, 6.07) is 9.14. The number of nitrogens with zero attached hydrogens (tertiary/aromatic N) is 3. The molecule has 0 unspecified atom stereocenters. The van der Waals surface area contributed by atoms with E-state index < -0.39 is 0 Å². The quantitative estimate of drug-likeness (QED) is 0.877. The van der Waals surface area contributed by atoms with Crippen molar-refractivity contribution in [3.63, 3.8) is 0 Å². The van der Waals surface area contributed by atoms with E-state index in [9.17, 15) is 0 Å².